The number of hydrogen-bond acceptors (Lipinski definition) is 0. The van der Waals surface area contributed by atoms with Gasteiger partial charge in [-0.15, -0.1) is 0 Å². The van der Waals surface area contributed by atoms with Crippen molar-refractivity contribution in [2.45, 2.75) is 12.8 Å². The molecule has 1 aliphatic rings. The number of allylic oxidation sites excluding steroid dienone is 5. The minimum absolute atomic E-state index is 0.00347. The molecule has 1 rings (SSSR count). The monoisotopic (exact) mass is 160 g/mol. The van der Waals surface area contributed by atoms with Gasteiger partial charge in [0.1, 0.15) is 0 Å². The summed E-state index contributed by atoms with van der Waals surface area (Å²) in [4.78, 5) is 0. The summed E-state index contributed by atoms with van der Waals surface area (Å²) in [7, 11) is 0. The van der Waals surface area contributed by atoms with E-state index in [2.05, 4.69) is 0 Å². The lowest BCUT2D eigenvalue weighted by Crippen LogP contribution is -1.86. The van der Waals surface area contributed by atoms with Gasteiger partial charge in [-0.3, -0.25) is 0 Å². The molecular formula is C8H7F3. The molecule has 11 heavy (non-hydrogen) atoms. The fourth-order valence-corrected chi connectivity index (χ4v) is 0.885. The predicted octanol–water partition coefficient (Wildman–Crippen LogP) is 3.34. The van der Waals surface area contributed by atoms with Gasteiger partial charge in [0, 0.05) is 5.57 Å². The summed E-state index contributed by atoms with van der Waals surface area (Å²) in [5.74, 6) is -1.40. The standard InChI is InChI=1S/C8H7F3/c9-7(8(10)11)6-4-2-1-3-5-6/h2,4-5H,1,3H2. The van der Waals surface area contributed by atoms with Gasteiger partial charge in [-0.2, -0.15) is 8.78 Å². The van der Waals surface area contributed by atoms with Gasteiger partial charge in [0.2, 0.25) is 0 Å². The van der Waals surface area contributed by atoms with E-state index in [-0.39, 0.29) is 5.57 Å². The topological polar surface area (TPSA) is 0 Å². The lowest BCUT2D eigenvalue weighted by molar-refractivity contribution is 0.384. The molecule has 0 nitrogen and oxygen atoms in total. The molecule has 0 bridgehead atoms. The van der Waals surface area contributed by atoms with Crippen LogP contribution in [0.3, 0.4) is 0 Å². The average Bonchev–Trinajstić information content (AvgIpc) is 2.05. The van der Waals surface area contributed by atoms with Gasteiger partial charge >= 0.3 is 6.08 Å². The summed E-state index contributed by atoms with van der Waals surface area (Å²) >= 11 is 0. The Balaban J connectivity index is 2.83. The van der Waals surface area contributed by atoms with Crippen molar-refractivity contribution in [2.75, 3.05) is 0 Å². The number of halogens is 3. The van der Waals surface area contributed by atoms with Crippen LogP contribution in [-0.4, -0.2) is 0 Å². The molecule has 0 aliphatic heterocycles. The number of rotatable bonds is 1. The molecule has 0 saturated carbocycles. The second kappa shape index (κ2) is 3.42. The van der Waals surface area contributed by atoms with E-state index < -0.39 is 11.9 Å². The van der Waals surface area contributed by atoms with Crippen molar-refractivity contribution in [1.29, 1.82) is 0 Å². The molecular weight excluding hydrogens is 153 g/mol. The molecule has 0 fully saturated rings. The van der Waals surface area contributed by atoms with E-state index in [1.807, 2.05) is 0 Å². The largest absolute Gasteiger partial charge is 0.306 e. The van der Waals surface area contributed by atoms with E-state index in [4.69, 9.17) is 0 Å². The zero-order valence-electron chi connectivity index (χ0n) is 5.78. The van der Waals surface area contributed by atoms with Crippen LogP contribution in [0.2, 0.25) is 0 Å². The van der Waals surface area contributed by atoms with E-state index in [0.29, 0.717) is 6.42 Å². The molecule has 0 amide bonds. The SMILES string of the molecule is FC(F)=C(F)C1=CCCC=C1. The van der Waals surface area contributed by atoms with Crippen molar-refractivity contribution in [1.82, 2.24) is 0 Å². The van der Waals surface area contributed by atoms with Gasteiger partial charge < -0.3 is 0 Å². The van der Waals surface area contributed by atoms with Crippen LogP contribution in [0.25, 0.3) is 0 Å². The average molecular weight is 160 g/mol. The maximum Gasteiger partial charge on any atom is 0.306 e. The summed E-state index contributed by atoms with van der Waals surface area (Å²) in [5, 5.41) is 0. The molecule has 0 unspecified atom stereocenters. The highest BCUT2D eigenvalue weighted by molar-refractivity contribution is 5.37. The molecule has 0 aromatic heterocycles. The maximum absolute atomic E-state index is 12.4. The molecule has 0 heterocycles. The maximum atomic E-state index is 12.4. The molecule has 60 valence electrons. The third-order valence-electron chi connectivity index (χ3n) is 1.41. The Kier molecular flexibility index (Phi) is 2.52. The van der Waals surface area contributed by atoms with Crippen LogP contribution in [0.4, 0.5) is 13.2 Å². The molecule has 0 saturated heterocycles. The fraction of sp³-hybridized carbons (Fsp3) is 0.250. The smallest absolute Gasteiger partial charge is 0.200 e. The summed E-state index contributed by atoms with van der Waals surface area (Å²) in [6, 6.07) is 0. The highest BCUT2D eigenvalue weighted by atomic mass is 19.3. The Hall–Kier alpha value is -0.990. The third-order valence-corrected chi connectivity index (χ3v) is 1.41. The quantitative estimate of drug-likeness (QED) is 0.551. The van der Waals surface area contributed by atoms with Gasteiger partial charge in [0.25, 0.3) is 0 Å². The van der Waals surface area contributed by atoms with Gasteiger partial charge in [-0.05, 0) is 12.8 Å². The first-order valence-electron chi connectivity index (χ1n) is 3.29. The second-order valence-corrected chi connectivity index (χ2v) is 2.21. The summed E-state index contributed by atoms with van der Waals surface area (Å²) < 4.78 is 35.7. The lowest BCUT2D eigenvalue weighted by Gasteiger charge is -2.02. The molecule has 0 N–H and O–H groups in total. The van der Waals surface area contributed by atoms with Crippen LogP contribution < -0.4 is 0 Å². The van der Waals surface area contributed by atoms with Gasteiger partial charge in [0.15, 0.2) is 5.83 Å². The van der Waals surface area contributed by atoms with E-state index in [0.717, 1.165) is 6.42 Å². The normalized spacial score (nSPS) is 16.1. The fourth-order valence-electron chi connectivity index (χ4n) is 0.885. The highest BCUT2D eigenvalue weighted by Crippen LogP contribution is 2.23. The van der Waals surface area contributed by atoms with Crippen molar-refractivity contribution >= 4 is 0 Å². The molecule has 3 heteroatoms. The van der Waals surface area contributed by atoms with E-state index in [9.17, 15) is 13.2 Å². The predicted molar refractivity (Wildman–Crippen MR) is 36.8 cm³/mol. The highest BCUT2D eigenvalue weighted by Gasteiger charge is 2.09. The van der Waals surface area contributed by atoms with E-state index >= 15 is 0 Å². The Morgan fingerprint density at radius 2 is 1.91 bits per heavy atom. The second-order valence-electron chi connectivity index (χ2n) is 2.21. The van der Waals surface area contributed by atoms with Crippen molar-refractivity contribution in [3.63, 3.8) is 0 Å². The summed E-state index contributed by atoms with van der Waals surface area (Å²) in [6.45, 7) is 0. The van der Waals surface area contributed by atoms with Crippen LogP contribution in [0.5, 0.6) is 0 Å². The van der Waals surface area contributed by atoms with Crippen LogP contribution >= 0.6 is 0 Å². The van der Waals surface area contributed by atoms with E-state index in [1.54, 1.807) is 6.08 Å². The molecule has 0 atom stereocenters. The van der Waals surface area contributed by atoms with Crippen molar-refractivity contribution in [2.24, 2.45) is 0 Å². The van der Waals surface area contributed by atoms with Crippen LogP contribution in [-0.2, 0) is 0 Å². The van der Waals surface area contributed by atoms with Crippen molar-refractivity contribution in [3.8, 4) is 0 Å². The molecule has 1 aliphatic carbocycles. The zero-order chi connectivity index (χ0) is 8.27. The minimum atomic E-state index is -2.25. The first-order chi connectivity index (χ1) is 5.22. The van der Waals surface area contributed by atoms with Crippen molar-refractivity contribution < 1.29 is 13.2 Å². The first-order valence-corrected chi connectivity index (χ1v) is 3.29. The van der Waals surface area contributed by atoms with Gasteiger partial charge in [-0.25, -0.2) is 4.39 Å². The molecule has 0 spiro atoms. The molecule has 0 aromatic carbocycles. The summed E-state index contributed by atoms with van der Waals surface area (Å²) in [6.07, 6.45) is 3.70. The van der Waals surface area contributed by atoms with E-state index in [1.165, 1.54) is 12.2 Å². The Morgan fingerprint density at radius 3 is 2.36 bits per heavy atom. The molecule has 0 radical (unpaired) electrons. The first kappa shape index (κ1) is 8.11. The van der Waals surface area contributed by atoms with Crippen LogP contribution in [0.1, 0.15) is 12.8 Å². The third kappa shape index (κ3) is 1.97. The Bertz CT molecular complexity index is 232. The Morgan fingerprint density at radius 1 is 1.18 bits per heavy atom. The zero-order valence-corrected chi connectivity index (χ0v) is 5.78. The molecule has 0 aromatic rings. The summed E-state index contributed by atoms with van der Waals surface area (Å²) in [5.41, 5.74) is -0.00347. The van der Waals surface area contributed by atoms with Gasteiger partial charge in [0.05, 0.1) is 0 Å². The van der Waals surface area contributed by atoms with Crippen molar-refractivity contribution in [3.05, 3.63) is 35.7 Å². The lowest BCUT2D eigenvalue weighted by atomic mass is 10.1. The minimum Gasteiger partial charge on any atom is -0.200 e. The Labute approximate surface area is 62.7 Å². The van der Waals surface area contributed by atoms with Crippen LogP contribution in [0, 0.1) is 0 Å². The van der Waals surface area contributed by atoms with Crippen LogP contribution in [0.15, 0.2) is 35.7 Å². The van der Waals surface area contributed by atoms with Gasteiger partial charge in [-0.1, -0.05) is 18.2 Å². The number of hydrogen-bond donors (Lipinski definition) is 0.